The van der Waals surface area contributed by atoms with E-state index in [0.29, 0.717) is 24.0 Å². The van der Waals surface area contributed by atoms with Gasteiger partial charge in [-0.3, -0.25) is 5.10 Å². The number of rotatable bonds is 5. The zero-order valence-electron chi connectivity index (χ0n) is 10.1. The Hall–Kier alpha value is -2.37. The van der Waals surface area contributed by atoms with E-state index in [9.17, 15) is 4.91 Å². The Labute approximate surface area is 104 Å². The van der Waals surface area contributed by atoms with E-state index in [-0.39, 0.29) is 5.69 Å². The molecule has 0 bridgehead atoms. The van der Waals surface area contributed by atoms with Crippen molar-refractivity contribution in [3.05, 3.63) is 34.9 Å². The second kappa shape index (κ2) is 5.31. The molecular weight excluding hydrogens is 234 g/mol. The maximum Gasteiger partial charge on any atom is 0.238 e. The van der Waals surface area contributed by atoms with Gasteiger partial charge in [0.25, 0.3) is 0 Å². The Balaban J connectivity index is 2.23. The third-order valence-electron chi connectivity index (χ3n) is 2.23. The van der Waals surface area contributed by atoms with Crippen molar-refractivity contribution in [1.82, 2.24) is 10.2 Å². The molecule has 0 aliphatic carbocycles. The number of nitroso groups, excluding NO2 is 1. The highest BCUT2D eigenvalue weighted by molar-refractivity contribution is 5.55. The average molecular weight is 247 g/mol. The highest BCUT2D eigenvalue weighted by atomic mass is 16.5. The van der Waals surface area contributed by atoms with E-state index >= 15 is 0 Å². The molecule has 0 spiro atoms. The Morgan fingerprint density at radius 3 is 2.83 bits per heavy atom. The van der Waals surface area contributed by atoms with E-state index < -0.39 is 0 Å². The Bertz CT molecular complexity index is 551. The number of H-pyrrole nitrogens is 1. The minimum atomic E-state index is 0.252. The minimum Gasteiger partial charge on any atom is -0.491 e. The number of nitrogens with one attached hydrogen (secondary N) is 1. The number of hydrogen-bond acceptors (Lipinski definition) is 5. The standard InChI is InChI=1S/C12H13N3O3/c1-3-17-11-7-9(4-5-10(11)15-16)18-12-6-8(2)13-14-12/h4-7H,3H2,1-2H3,(H,13,14). The Morgan fingerprint density at radius 2 is 2.22 bits per heavy atom. The number of hydrogen-bond donors (Lipinski definition) is 1. The SMILES string of the molecule is CCOc1cc(Oc2cc(C)[nH]n2)ccc1N=O. The molecule has 1 N–H and O–H groups in total. The predicted octanol–water partition coefficient (Wildman–Crippen LogP) is 3.31. The first-order chi connectivity index (χ1) is 8.72. The molecule has 0 saturated carbocycles. The van der Waals surface area contributed by atoms with E-state index in [1.165, 1.54) is 0 Å². The average Bonchev–Trinajstić information content (AvgIpc) is 2.76. The van der Waals surface area contributed by atoms with E-state index in [4.69, 9.17) is 9.47 Å². The highest BCUT2D eigenvalue weighted by Crippen LogP contribution is 2.33. The van der Waals surface area contributed by atoms with Crippen molar-refractivity contribution in [3.63, 3.8) is 0 Å². The van der Waals surface area contributed by atoms with Crippen LogP contribution >= 0.6 is 0 Å². The van der Waals surface area contributed by atoms with Crippen LogP contribution in [0.5, 0.6) is 17.4 Å². The number of nitrogens with zero attached hydrogens (tertiary/aromatic N) is 2. The van der Waals surface area contributed by atoms with Crippen molar-refractivity contribution in [3.8, 4) is 17.4 Å². The maximum atomic E-state index is 10.6. The minimum absolute atomic E-state index is 0.252. The lowest BCUT2D eigenvalue weighted by Crippen LogP contribution is -1.92. The Morgan fingerprint density at radius 1 is 1.39 bits per heavy atom. The Kier molecular flexibility index (Phi) is 3.57. The van der Waals surface area contributed by atoms with E-state index in [2.05, 4.69) is 15.4 Å². The zero-order valence-corrected chi connectivity index (χ0v) is 10.1. The van der Waals surface area contributed by atoms with Crippen molar-refractivity contribution >= 4 is 5.69 Å². The molecule has 94 valence electrons. The summed E-state index contributed by atoms with van der Waals surface area (Å²) in [6, 6.07) is 6.58. The fraction of sp³-hybridized carbons (Fsp3) is 0.250. The van der Waals surface area contributed by atoms with Gasteiger partial charge in [0.15, 0.2) is 5.75 Å². The maximum absolute atomic E-state index is 10.6. The monoisotopic (exact) mass is 247 g/mol. The summed E-state index contributed by atoms with van der Waals surface area (Å²) in [5.74, 6) is 1.40. The molecule has 6 nitrogen and oxygen atoms in total. The fourth-order valence-electron chi connectivity index (χ4n) is 1.47. The van der Waals surface area contributed by atoms with Gasteiger partial charge in [-0.1, -0.05) is 0 Å². The molecule has 18 heavy (non-hydrogen) atoms. The van der Waals surface area contributed by atoms with E-state index in [0.717, 1.165) is 5.69 Å². The first kappa shape index (κ1) is 12.1. The molecule has 0 atom stereocenters. The molecule has 2 aromatic rings. The van der Waals surface area contributed by atoms with Crippen LogP contribution in [-0.4, -0.2) is 16.8 Å². The van der Waals surface area contributed by atoms with Crippen LogP contribution in [0.15, 0.2) is 29.4 Å². The molecule has 6 heteroatoms. The molecule has 0 aliphatic rings. The van der Waals surface area contributed by atoms with Crippen LogP contribution < -0.4 is 9.47 Å². The number of ether oxygens (including phenoxy) is 2. The summed E-state index contributed by atoms with van der Waals surface area (Å²) in [5.41, 5.74) is 1.16. The van der Waals surface area contributed by atoms with Crippen molar-refractivity contribution < 1.29 is 9.47 Å². The van der Waals surface area contributed by atoms with Crippen LogP contribution in [0.1, 0.15) is 12.6 Å². The second-order valence-electron chi connectivity index (χ2n) is 3.65. The number of aromatic amines is 1. The molecule has 2 rings (SSSR count). The summed E-state index contributed by atoms with van der Waals surface area (Å²) in [6.07, 6.45) is 0. The summed E-state index contributed by atoms with van der Waals surface area (Å²) in [6.45, 7) is 4.16. The lowest BCUT2D eigenvalue weighted by Gasteiger charge is -2.07. The van der Waals surface area contributed by atoms with Crippen LogP contribution in [0.3, 0.4) is 0 Å². The fourth-order valence-corrected chi connectivity index (χ4v) is 1.47. The molecule has 0 fully saturated rings. The summed E-state index contributed by atoms with van der Waals surface area (Å²) in [5, 5.41) is 9.62. The number of aryl methyl sites for hydroxylation is 1. The summed E-state index contributed by atoms with van der Waals surface area (Å²) >= 11 is 0. The highest BCUT2D eigenvalue weighted by Gasteiger charge is 2.08. The third-order valence-corrected chi connectivity index (χ3v) is 2.23. The first-order valence-electron chi connectivity index (χ1n) is 5.53. The largest absolute Gasteiger partial charge is 0.491 e. The normalized spacial score (nSPS) is 10.1. The lowest BCUT2D eigenvalue weighted by atomic mass is 10.3. The van der Waals surface area contributed by atoms with Crippen molar-refractivity contribution in [1.29, 1.82) is 0 Å². The van der Waals surface area contributed by atoms with Gasteiger partial charge in [-0.05, 0) is 31.2 Å². The van der Waals surface area contributed by atoms with Gasteiger partial charge < -0.3 is 9.47 Å². The molecule has 0 saturated heterocycles. The number of benzene rings is 1. The van der Waals surface area contributed by atoms with Gasteiger partial charge >= 0.3 is 0 Å². The summed E-state index contributed by atoms with van der Waals surface area (Å²) in [7, 11) is 0. The molecule has 0 radical (unpaired) electrons. The van der Waals surface area contributed by atoms with Crippen LogP contribution in [0.25, 0.3) is 0 Å². The molecule has 1 aromatic carbocycles. The van der Waals surface area contributed by atoms with Gasteiger partial charge in [0.05, 0.1) is 6.61 Å². The topological polar surface area (TPSA) is 76.6 Å². The van der Waals surface area contributed by atoms with Crippen LogP contribution in [0, 0.1) is 11.8 Å². The van der Waals surface area contributed by atoms with Crippen LogP contribution in [0.2, 0.25) is 0 Å². The second-order valence-corrected chi connectivity index (χ2v) is 3.65. The summed E-state index contributed by atoms with van der Waals surface area (Å²) in [4.78, 5) is 10.6. The molecule has 0 unspecified atom stereocenters. The van der Waals surface area contributed by atoms with Gasteiger partial charge in [0, 0.05) is 17.8 Å². The summed E-state index contributed by atoms with van der Waals surface area (Å²) < 4.78 is 10.8. The predicted molar refractivity (Wildman–Crippen MR) is 66.5 cm³/mol. The molecule has 1 aromatic heterocycles. The quantitative estimate of drug-likeness (QED) is 0.822. The van der Waals surface area contributed by atoms with Crippen LogP contribution in [0.4, 0.5) is 5.69 Å². The smallest absolute Gasteiger partial charge is 0.238 e. The number of aromatic nitrogens is 2. The third kappa shape index (κ3) is 2.65. The van der Waals surface area contributed by atoms with Gasteiger partial charge in [-0.2, -0.15) is 0 Å². The molecule has 0 amide bonds. The van der Waals surface area contributed by atoms with Crippen molar-refractivity contribution in [2.45, 2.75) is 13.8 Å². The lowest BCUT2D eigenvalue weighted by molar-refractivity contribution is 0.339. The van der Waals surface area contributed by atoms with Gasteiger partial charge in [0.1, 0.15) is 11.4 Å². The van der Waals surface area contributed by atoms with Gasteiger partial charge in [0.2, 0.25) is 5.88 Å². The van der Waals surface area contributed by atoms with E-state index in [1.54, 1.807) is 24.3 Å². The van der Waals surface area contributed by atoms with E-state index in [1.807, 2.05) is 13.8 Å². The molecule has 1 heterocycles. The van der Waals surface area contributed by atoms with Crippen molar-refractivity contribution in [2.75, 3.05) is 6.61 Å². The van der Waals surface area contributed by atoms with Crippen LogP contribution in [-0.2, 0) is 0 Å². The van der Waals surface area contributed by atoms with Crippen molar-refractivity contribution in [2.24, 2.45) is 5.18 Å². The molecular formula is C12H13N3O3. The molecule has 0 aliphatic heterocycles. The first-order valence-corrected chi connectivity index (χ1v) is 5.53. The van der Waals surface area contributed by atoms with Gasteiger partial charge in [-0.25, -0.2) is 0 Å². The zero-order chi connectivity index (χ0) is 13.0. The van der Waals surface area contributed by atoms with Gasteiger partial charge in [-0.15, -0.1) is 10.0 Å².